The lowest BCUT2D eigenvalue weighted by molar-refractivity contribution is 0.0985. The van der Waals surface area contributed by atoms with Crippen molar-refractivity contribution in [2.45, 2.75) is 11.3 Å². The summed E-state index contributed by atoms with van der Waals surface area (Å²) in [5.74, 6) is -0.248. The van der Waals surface area contributed by atoms with Crippen molar-refractivity contribution < 1.29 is 13.2 Å². The lowest BCUT2D eigenvalue weighted by Crippen LogP contribution is -2.36. The van der Waals surface area contributed by atoms with Crippen molar-refractivity contribution in [3.63, 3.8) is 0 Å². The van der Waals surface area contributed by atoms with Crippen molar-refractivity contribution >= 4 is 59.9 Å². The summed E-state index contributed by atoms with van der Waals surface area (Å²) in [5, 5.41) is 1.09. The molecule has 0 bridgehead atoms. The number of rotatable bonds is 7. The molecule has 0 saturated carbocycles. The normalized spacial score (nSPS) is 13.4. The second kappa shape index (κ2) is 9.82. The van der Waals surface area contributed by atoms with Gasteiger partial charge in [0.15, 0.2) is 5.13 Å². The van der Waals surface area contributed by atoms with Gasteiger partial charge in [-0.05, 0) is 68.5 Å². The molecule has 5 rings (SSSR count). The summed E-state index contributed by atoms with van der Waals surface area (Å²) in [6.45, 7) is 1.46. The lowest BCUT2D eigenvalue weighted by Gasteiger charge is -2.22. The van der Waals surface area contributed by atoms with E-state index in [4.69, 9.17) is 11.6 Å². The van der Waals surface area contributed by atoms with Gasteiger partial charge in [-0.25, -0.2) is 13.4 Å². The van der Waals surface area contributed by atoms with Gasteiger partial charge in [-0.1, -0.05) is 47.2 Å². The number of amides is 1. The molecule has 2 heterocycles. The monoisotopic (exact) mass is 540 g/mol. The number of hydrogen-bond donors (Lipinski definition) is 0. The molecule has 4 aromatic rings. The van der Waals surface area contributed by atoms with Crippen LogP contribution in [0.15, 0.2) is 71.6 Å². The first-order valence-electron chi connectivity index (χ1n) is 11.5. The fraction of sp³-hybridized carbons (Fsp3) is 0.231. The summed E-state index contributed by atoms with van der Waals surface area (Å²) in [5.41, 5.74) is 2.77. The zero-order valence-electron chi connectivity index (χ0n) is 19.9. The van der Waals surface area contributed by atoms with E-state index in [2.05, 4.69) is 4.98 Å². The number of sulfonamides is 1. The number of halogens is 1. The number of benzene rings is 3. The maximum atomic E-state index is 13.6. The van der Waals surface area contributed by atoms with Crippen LogP contribution in [0.25, 0.3) is 10.2 Å². The van der Waals surface area contributed by atoms with Gasteiger partial charge in [-0.2, -0.15) is 0 Å². The molecule has 0 atom stereocenters. The molecule has 0 aliphatic carbocycles. The first-order chi connectivity index (χ1) is 17.3. The van der Waals surface area contributed by atoms with Gasteiger partial charge in [0.05, 0.1) is 20.3 Å². The Morgan fingerprint density at radius 2 is 1.78 bits per heavy atom. The number of likely N-dealkylation sites (N-methyl/N-ethyl adjacent to an activating group) is 1. The molecule has 1 amide bonds. The van der Waals surface area contributed by atoms with Crippen LogP contribution in [0.2, 0.25) is 5.02 Å². The third-order valence-corrected chi connectivity index (χ3v) is 9.32. The Morgan fingerprint density at radius 1 is 1.03 bits per heavy atom. The Balaban J connectivity index is 1.44. The van der Waals surface area contributed by atoms with Crippen LogP contribution in [-0.2, 0) is 16.4 Å². The quantitative estimate of drug-likeness (QED) is 0.333. The summed E-state index contributed by atoms with van der Waals surface area (Å²) in [6.07, 6.45) is 0.680. The molecular weight excluding hydrogens is 516 g/mol. The second-order valence-electron chi connectivity index (χ2n) is 8.82. The minimum absolute atomic E-state index is 0.155. The van der Waals surface area contributed by atoms with Gasteiger partial charge in [0.1, 0.15) is 5.52 Å². The second-order valence-corrected chi connectivity index (χ2v) is 12.1. The van der Waals surface area contributed by atoms with Crippen LogP contribution in [0.1, 0.15) is 15.9 Å². The molecule has 0 unspecified atom stereocenters. The van der Waals surface area contributed by atoms with E-state index in [-0.39, 0.29) is 10.8 Å². The molecule has 10 heteroatoms. The zero-order valence-corrected chi connectivity index (χ0v) is 22.3. The average Bonchev–Trinajstić information content (AvgIpc) is 3.50. The van der Waals surface area contributed by atoms with Crippen molar-refractivity contribution in [2.24, 2.45) is 0 Å². The van der Waals surface area contributed by atoms with Crippen LogP contribution < -0.4 is 9.21 Å². The number of carbonyl (C=O) groups is 1. The van der Waals surface area contributed by atoms with Crippen LogP contribution in [0, 0.1) is 0 Å². The molecule has 1 aromatic heterocycles. The molecule has 7 nitrogen and oxygen atoms in total. The van der Waals surface area contributed by atoms with Gasteiger partial charge in [0, 0.05) is 25.2 Å². The topological polar surface area (TPSA) is 73.8 Å². The number of fused-ring (bicyclic) bond motifs is 2. The molecule has 1 aliphatic rings. The molecule has 0 saturated heterocycles. The Morgan fingerprint density at radius 3 is 2.50 bits per heavy atom. The van der Waals surface area contributed by atoms with E-state index >= 15 is 0 Å². The highest BCUT2D eigenvalue weighted by Gasteiger charge is 2.31. The van der Waals surface area contributed by atoms with E-state index in [0.29, 0.717) is 53.0 Å². The van der Waals surface area contributed by atoms with Crippen LogP contribution in [0.4, 0.5) is 10.8 Å². The zero-order chi connectivity index (χ0) is 25.4. The third-order valence-electron chi connectivity index (χ3n) is 6.14. The Labute approximate surface area is 219 Å². The molecule has 0 N–H and O–H groups in total. The van der Waals surface area contributed by atoms with Crippen molar-refractivity contribution in [3.8, 4) is 0 Å². The summed E-state index contributed by atoms with van der Waals surface area (Å²) in [6, 6.07) is 19.2. The summed E-state index contributed by atoms with van der Waals surface area (Å²) in [7, 11) is 0.143. The predicted octanol–water partition coefficient (Wildman–Crippen LogP) is 4.91. The van der Waals surface area contributed by atoms with Crippen LogP contribution in [0.5, 0.6) is 0 Å². The predicted molar refractivity (Wildman–Crippen MR) is 146 cm³/mol. The van der Waals surface area contributed by atoms with E-state index in [1.165, 1.54) is 27.8 Å². The van der Waals surface area contributed by atoms with Crippen molar-refractivity contribution in [2.75, 3.05) is 42.9 Å². The van der Waals surface area contributed by atoms with Gasteiger partial charge in [0.2, 0.25) is 0 Å². The highest BCUT2D eigenvalue weighted by atomic mass is 35.5. The maximum absolute atomic E-state index is 13.6. The SMILES string of the molecule is CN(C)CCN(C(=O)c1ccc(S(=O)(=O)N2CCc3ccccc32)cc1)c1nc2c(Cl)cccc2s1. The van der Waals surface area contributed by atoms with Gasteiger partial charge in [-0.3, -0.25) is 14.0 Å². The number of carbonyl (C=O) groups excluding carboxylic acids is 1. The van der Waals surface area contributed by atoms with E-state index in [1.54, 1.807) is 23.1 Å². The first-order valence-corrected chi connectivity index (χ1v) is 14.1. The first kappa shape index (κ1) is 24.7. The van der Waals surface area contributed by atoms with Crippen LogP contribution >= 0.6 is 22.9 Å². The lowest BCUT2D eigenvalue weighted by atomic mass is 10.2. The highest BCUT2D eigenvalue weighted by Crippen LogP contribution is 2.34. The van der Waals surface area contributed by atoms with E-state index < -0.39 is 10.0 Å². The minimum Gasteiger partial charge on any atom is -0.308 e. The number of thiazole rings is 1. The minimum atomic E-state index is -3.73. The summed E-state index contributed by atoms with van der Waals surface area (Å²) < 4.78 is 29.0. The molecule has 3 aromatic carbocycles. The Kier molecular flexibility index (Phi) is 6.74. The largest absolute Gasteiger partial charge is 0.308 e. The highest BCUT2D eigenvalue weighted by molar-refractivity contribution is 7.92. The van der Waals surface area contributed by atoms with Gasteiger partial charge in [0.25, 0.3) is 15.9 Å². The van der Waals surface area contributed by atoms with Gasteiger partial charge in [-0.15, -0.1) is 0 Å². The summed E-state index contributed by atoms with van der Waals surface area (Å²) >= 11 is 7.72. The van der Waals surface area contributed by atoms with E-state index in [9.17, 15) is 13.2 Å². The van der Waals surface area contributed by atoms with Crippen molar-refractivity contribution in [1.82, 2.24) is 9.88 Å². The van der Waals surface area contributed by atoms with Gasteiger partial charge < -0.3 is 4.90 Å². The maximum Gasteiger partial charge on any atom is 0.264 e. The number of aromatic nitrogens is 1. The Hall–Kier alpha value is -2.98. The number of para-hydroxylation sites is 2. The molecule has 1 aliphatic heterocycles. The number of hydrogen-bond acceptors (Lipinski definition) is 6. The molecule has 0 fully saturated rings. The smallest absolute Gasteiger partial charge is 0.264 e. The molecule has 186 valence electrons. The average molecular weight is 541 g/mol. The third kappa shape index (κ3) is 4.59. The standard InChI is InChI=1S/C26H25ClN4O3S2/c1-29(2)16-17-30(26-28-24-21(27)7-5-9-23(24)35-26)25(32)19-10-12-20(13-11-19)36(33,34)31-15-14-18-6-3-4-8-22(18)31/h3-13H,14-17H2,1-2H3. The van der Waals surface area contributed by atoms with Crippen LogP contribution in [-0.4, -0.2) is 57.9 Å². The van der Waals surface area contributed by atoms with Gasteiger partial charge >= 0.3 is 0 Å². The van der Waals surface area contributed by atoms with Crippen LogP contribution in [0.3, 0.4) is 0 Å². The fourth-order valence-electron chi connectivity index (χ4n) is 4.21. The Bertz CT molecular complexity index is 1530. The molecule has 0 spiro atoms. The van der Waals surface area contributed by atoms with Crippen molar-refractivity contribution in [3.05, 3.63) is 82.9 Å². The molecule has 36 heavy (non-hydrogen) atoms. The molecular formula is C26H25ClN4O3S2. The number of nitrogens with zero attached hydrogens (tertiary/aromatic N) is 4. The molecule has 0 radical (unpaired) electrons. The fourth-order valence-corrected chi connectivity index (χ4v) is 7.01. The number of anilines is 2. The van der Waals surface area contributed by atoms with Crippen molar-refractivity contribution in [1.29, 1.82) is 0 Å². The summed E-state index contributed by atoms with van der Waals surface area (Å²) in [4.78, 5) is 22.0. The van der Waals surface area contributed by atoms with E-state index in [1.807, 2.05) is 55.4 Å². The van der Waals surface area contributed by atoms with E-state index in [0.717, 1.165) is 10.3 Å².